The van der Waals surface area contributed by atoms with Crippen LogP contribution in [0.3, 0.4) is 0 Å². The molecule has 20 heavy (non-hydrogen) atoms. The van der Waals surface area contributed by atoms with Crippen LogP contribution in [0.4, 0.5) is 5.69 Å². The maximum Gasteiger partial charge on any atom is 0.337 e. The van der Waals surface area contributed by atoms with E-state index in [1.807, 2.05) is 0 Å². The van der Waals surface area contributed by atoms with Crippen molar-refractivity contribution in [3.05, 3.63) is 48.3 Å². The number of carbonyl (C=O) groups is 2. The summed E-state index contributed by atoms with van der Waals surface area (Å²) in [5.74, 6) is -0.619. The molecule has 2 N–H and O–H groups in total. The number of carbonyl (C=O) groups excluding carboxylic acids is 1. The summed E-state index contributed by atoms with van der Waals surface area (Å²) in [5.41, 5.74) is 0.528. The Morgan fingerprint density at radius 3 is 2.70 bits per heavy atom. The summed E-state index contributed by atoms with van der Waals surface area (Å²) in [7, 11) is 0. The van der Waals surface area contributed by atoms with Crippen molar-refractivity contribution >= 4 is 17.6 Å². The van der Waals surface area contributed by atoms with Gasteiger partial charge in [-0.3, -0.25) is 9.78 Å². The van der Waals surface area contributed by atoms with Crippen molar-refractivity contribution in [2.24, 2.45) is 0 Å². The second-order valence-corrected chi connectivity index (χ2v) is 3.99. The Morgan fingerprint density at radius 2 is 2.00 bits per heavy atom. The highest BCUT2D eigenvalue weighted by atomic mass is 16.5. The number of benzene rings is 1. The van der Waals surface area contributed by atoms with Gasteiger partial charge >= 0.3 is 5.97 Å². The van der Waals surface area contributed by atoms with E-state index in [2.05, 4.69) is 10.3 Å². The van der Waals surface area contributed by atoms with Crippen LogP contribution in [0.1, 0.15) is 17.3 Å². The average molecular weight is 272 g/mol. The Labute approximate surface area is 115 Å². The molecule has 0 fully saturated rings. The molecule has 6 heteroatoms. The van der Waals surface area contributed by atoms with E-state index in [1.54, 1.807) is 24.3 Å². The fourth-order valence-corrected chi connectivity index (χ4v) is 1.57. The first-order chi connectivity index (χ1) is 9.56. The van der Waals surface area contributed by atoms with Gasteiger partial charge in [-0.05, 0) is 18.2 Å². The molecule has 2 rings (SSSR count). The minimum Gasteiger partial charge on any atom is -0.478 e. The molecule has 0 saturated heterocycles. The third kappa shape index (κ3) is 3.32. The lowest BCUT2D eigenvalue weighted by Gasteiger charge is -2.11. The molecular formula is C14H12N2O4. The summed E-state index contributed by atoms with van der Waals surface area (Å²) in [6.45, 7) is 1.39. The van der Waals surface area contributed by atoms with Gasteiger partial charge in [-0.25, -0.2) is 4.79 Å². The van der Waals surface area contributed by atoms with Crippen LogP contribution in [0.25, 0.3) is 0 Å². The van der Waals surface area contributed by atoms with Crippen LogP contribution in [-0.4, -0.2) is 22.0 Å². The fourth-order valence-electron chi connectivity index (χ4n) is 1.57. The highest BCUT2D eigenvalue weighted by molar-refractivity contribution is 5.90. The number of hydrogen-bond acceptors (Lipinski definition) is 4. The van der Waals surface area contributed by atoms with Crippen LogP contribution in [0.5, 0.6) is 11.5 Å². The van der Waals surface area contributed by atoms with Crippen LogP contribution in [-0.2, 0) is 4.79 Å². The number of amides is 1. The number of aromatic nitrogens is 1. The van der Waals surface area contributed by atoms with E-state index >= 15 is 0 Å². The van der Waals surface area contributed by atoms with E-state index in [0.29, 0.717) is 11.4 Å². The van der Waals surface area contributed by atoms with Gasteiger partial charge in [0.2, 0.25) is 5.91 Å². The van der Waals surface area contributed by atoms with Crippen molar-refractivity contribution in [1.29, 1.82) is 0 Å². The van der Waals surface area contributed by atoms with E-state index in [4.69, 9.17) is 9.84 Å². The number of ether oxygens (including phenoxy) is 1. The van der Waals surface area contributed by atoms with Gasteiger partial charge in [0, 0.05) is 13.1 Å². The summed E-state index contributed by atoms with van der Waals surface area (Å²) < 4.78 is 5.56. The number of carboxylic acid groups (broad SMARTS) is 1. The number of nitrogens with one attached hydrogen (secondary N) is 1. The summed E-state index contributed by atoms with van der Waals surface area (Å²) in [6.07, 6.45) is 2.63. The number of anilines is 1. The molecule has 1 aromatic heterocycles. The highest BCUT2D eigenvalue weighted by Crippen LogP contribution is 2.29. The monoisotopic (exact) mass is 272 g/mol. The molecule has 1 aromatic carbocycles. The summed E-state index contributed by atoms with van der Waals surface area (Å²) in [6, 6.07) is 8.21. The second-order valence-electron chi connectivity index (χ2n) is 3.99. The van der Waals surface area contributed by atoms with E-state index in [1.165, 1.54) is 25.4 Å². The van der Waals surface area contributed by atoms with Crippen LogP contribution >= 0.6 is 0 Å². The number of para-hydroxylation sites is 2. The van der Waals surface area contributed by atoms with Gasteiger partial charge in [0.15, 0.2) is 5.75 Å². The largest absolute Gasteiger partial charge is 0.478 e. The number of hydrogen-bond donors (Lipinski definition) is 2. The van der Waals surface area contributed by atoms with Crippen molar-refractivity contribution in [3.8, 4) is 11.5 Å². The number of pyridine rings is 1. The topological polar surface area (TPSA) is 88.5 Å². The zero-order valence-electron chi connectivity index (χ0n) is 10.7. The molecule has 0 spiro atoms. The maximum absolute atomic E-state index is 11.1. The van der Waals surface area contributed by atoms with E-state index in [9.17, 15) is 9.59 Å². The van der Waals surface area contributed by atoms with Gasteiger partial charge in [0.1, 0.15) is 5.75 Å². The molecule has 0 saturated carbocycles. The minimum absolute atomic E-state index is 0.0273. The zero-order valence-corrected chi connectivity index (χ0v) is 10.7. The molecule has 0 aliphatic rings. The number of nitrogens with zero attached hydrogens (tertiary/aromatic N) is 1. The van der Waals surface area contributed by atoms with Gasteiger partial charge in [0.25, 0.3) is 0 Å². The Morgan fingerprint density at radius 1 is 1.25 bits per heavy atom. The standard InChI is InChI=1S/C14H12N2O4/c1-9(17)16-12-4-2-3-5-13(12)20-11-6-10(14(18)19)7-15-8-11/h2-8H,1H3,(H,16,17)(H,18,19). The van der Waals surface area contributed by atoms with E-state index < -0.39 is 5.97 Å². The van der Waals surface area contributed by atoms with E-state index in [-0.39, 0.29) is 17.2 Å². The first-order valence-electron chi connectivity index (χ1n) is 5.79. The maximum atomic E-state index is 11.1. The smallest absolute Gasteiger partial charge is 0.337 e. The Hall–Kier alpha value is -2.89. The van der Waals surface area contributed by atoms with Gasteiger partial charge in [-0.2, -0.15) is 0 Å². The Kier molecular flexibility index (Phi) is 3.95. The Balaban J connectivity index is 2.28. The normalized spacial score (nSPS) is 9.85. The lowest BCUT2D eigenvalue weighted by molar-refractivity contribution is -0.114. The molecule has 1 heterocycles. The lowest BCUT2D eigenvalue weighted by Crippen LogP contribution is -2.06. The van der Waals surface area contributed by atoms with Crippen molar-refractivity contribution in [1.82, 2.24) is 4.98 Å². The van der Waals surface area contributed by atoms with Crippen molar-refractivity contribution < 1.29 is 19.4 Å². The lowest BCUT2D eigenvalue weighted by atomic mass is 10.2. The second kappa shape index (κ2) is 5.83. The number of carboxylic acids is 1. The predicted octanol–water partition coefficient (Wildman–Crippen LogP) is 2.53. The molecule has 0 unspecified atom stereocenters. The van der Waals surface area contributed by atoms with E-state index in [0.717, 1.165) is 0 Å². The third-order valence-corrected chi connectivity index (χ3v) is 2.39. The van der Waals surface area contributed by atoms with Crippen LogP contribution in [0, 0.1) is 0 Å². The van der Waals surface area contributed by atoms with Gasteiger partial charge < -0.3 is 15.2 Å². The molecule has 0 aliphatic heterocycles. The van der Waals surface area contributed by atoms with Crippen molar-refractivity contribution in [2.45, 2.75) is 6.92 Å². The molecule has 0 bridgehead atoms. The fraction of sp³-hybridized carbons (Fsp3) is 0.0714. The molecule has 102 valence electrons. The summed E-state index contributed by atoms with van der Waals surface area (Å²) in [5, 5.41) is 11.5. The number of aromatic carboxylic acids is 1. The van der Waals surface area contributed by atoms with Crippen LogP contribution in [0.15, 0.2) is 42.7 Å². The van der Waals surface area contributed by atoms with Gasteiger partial charge in [-0.15, -0.1) is 0 Å². The molecular weight excluding hydrogens is 260 g/mol. The summed E-state index contributed by atoms with van der Waals surface area (Å²) >= 11 is 0. The Bertz CT molecular complexity index is 655. The van der Waals surface area contributed by atoms with Crippen molar-refractivity contribution in [2.75, 3.05) is 5.32 Å². The average Bonchev–Trinajstić information content (AvgIpc) is 2.41. The first kappa shape index (κ1) is 13.5. The van der Waals surface area contributed by atoms with Gasteiger partial charge in [-0.1, -0.05) is 12.1 Å². The quantitative estimate of drug-likeness (QED) is 0.892. The molecule has 6 nitrogen and oxygen atoms in total. The van der Waals surface area contributed by atoms with Gasteiger partial charge in [0.05, 0.1) is 17.4 Å². The molecule has 0 atom stereocenters. The van der Waals surface area contributed by atoms with Crippen LogP contribution < -0.4 is 10.1 Å². The van der Waals surface area contributed by atoms with Crippen LogP contribution in [0.2, 0.25) is 0 Å². The molecule has 2 aromatic rings. The third-order valence-electron chi connectivity index (χ3n) is 2.39. The van der Waals surface area contributed by atoms with Crippen molar-refractivity contribution in [3.63, 3.8) is 0 Å². The highest BCUT2D eigenvalue weighted by Gasteiger charge is 2.08. The molecule has 0 aliphatic carbocycles. The zero-order chi connectivity index (χ0) is 14.5. The molecule has 0 radical (unpaired) electrons. The summed E-state index contributed by atoms with van der Waals surface area (Å²) in [4.78, 5) is 25.8. The first-order valence-corrected chi connectivity index (χ1v) is 5.79. The number of rotatable bonds is 4. The molecule has 1 amide bonds. The predicted molar refractivity (Wildman–Crippen MR) is 72.0 cm³/mol. The minimum atomic E-state index is -1.09. The SMILES string of the molecule is CC(=O)Nc1ccccc1Oc1cncc(C(=O)O)c1.